The minimum Gasteiger partial charge on any atom is -0.447 e. The SMILES string of the molecule is CC(C)OC(=O)N1CCC(NC(=O)CCC(=O)NC2CCCC2)CC1. The minimum absolute atomic E-state index is 0.0340. The van der Waals surface area contributed by atoms with Gasteiger partial charge >= 0.3 is 6.09 Å². The summed E-state index contributed by atoms with van der Waals surface area (Å²) in [7, 11) is 0. The lowest BCUT2D eigenvalue weighted by atomic mass is 10.1. The highest BCUT2D eigenvalue weighted by atomic mass is 16.6. The number of likely N-dealkylation sites (tertiary alicyclic amines) is 1. The predicted octanol–water partition coefficient (Wildman–Crippen LogP) is 1.95. The molecule has 0 aromatic heterocycles. The van der Waals surface area contributed by atoms with Crippen molar-refractivity contribution in [3.63, 3.8) is 0 Å². The van der Waals surface area contributed by atoms with Gasteiger partial charge in [-0.3, -0.25) is 9.59 Å². The van der Waals surface area contributed by atoms with E-state index < -0.39 is 0 Å². The Labute approximate surface area is 149 Å². The maximum Gasteiger partial charge on any atom is 0.410 e. The van der Waals surface area contributed by atoms with Crippen molar-refractivity contribution in [2.75, 3.05) is 13.1 Å². The third kappa shape index (κ3) is 6.92. The number of amides is 3. The first kappa shape index (κ1) is 19.5. The molecule has 0 spiro atoms. The van der Waals surface area contributed by atoms with Crippen molar-refractivity contribution in [1.29, 1.82) is 0 Å². The predicted molar refractivity (Wildman–Crippen MR) is 94.0 cm³/mol. The van der Waals surface area contributed by atoms with E-state index in [0.29, 0.717) is 32.0 Å². The zero-order chi connectivity index (χ0) is 18.2. The molecule has 0 aromatic rings. The van der Waals surface area contributed by atoms with Crippen LogP contribution >= 0.6 is 0 Å². The smallest absolute Gasteiger partial charge is 0.410 e. The molecule has 3 amide bonds. The van der Waals surface area contributed by atoms with E-state index in [-0.39, 0.29) is 42.9 Å². The third-order valence-corrected chi connectivity index (χ3v) is 4.75. The molecule has 0 atom stereocenters. The molecule has 0 unspecified atom stereocenters. The molecule has 2 fully saturated rings. The Morgan fingerprint density at radius 3 is 1.88 bits per heavy atom. The van der Waals surface area contributed by atoms with Gasteiger partial charge in [0.25, 0.3) is 0 Å². The van der Waals surface area contributed by atoms with E-state index in [9.17, 15) is 14.4 Å². The summed E-state index contributed by atoms with van der Waals surface area (Å²) in [5.41, 5.74) is 0. The second kappa shape index (κ2) is 9.63. The summed E-state index contributed by atoms with van der Waals surface area (Å²) in [5, 5.41) is 5.97. The molecule has 1 heterocycles. The number of hydrogen-bond donors (Lipinski definition) is 2. The monoisotopic (exact) mass is 353 g/mol. The van der Waals surface area contributed by atoms with Gasteiger partial charge in [-0.1, -0.05) is 12.8 Å². The highest BCUT2D eigenvalue weighted by Crippen LogP contribution is 2.17. The molecule has 1 aliphatic carbocycles. The van der Waals surface area contributed by atoms with Crippen LogP contribution < -0.4 is 10.6 Å². The number of piperidine rings is 1. The summed E-state index contributed by atoms with van der Waals surface area (Å²) >= 11 is 0. The Balaban J connectivity index is 1.60. The van der Waals surface area contributed by atoms with Crippen molar-refractivity contribution in [2.45, 2.75) is 83.4 Å². The van der Waals surface area contributed by atoms with Crippen molar-refractivity contribution in [2.24, 2.45) is 0 Å². The lowest BCUT2D eigenvalue weighted by molar-refractivity contribution is -0.127. The standard InChI is InChI=1S/C18H31N3O4/c1-13(2)25-18(24)21-11-9-15(10-12-21)20-17(23)8-7-16(22)19-14-5-3-4-6-14/h13-15H,3-12H2,1-2H3,(H,19,22)(H,20,23). The fourth-order valence-electron chi connectivity index (χ4n) is 3.38. The molecule has 2 aliphatic rings. The van der Waals surface area contributed by atoms with Crippen molar-refractivity contribution >= 4 is 17.9 Å². The van der Waals surface area contributed by atoms with Gasteiger partial charge in [0.05, 0.1) is 6.10 Å². The highest BCUT2D eigenvalue weighted by molar-refractivity contribution is 5.84. The Morgan fingerprint density at radius 2 is 1.40 bits per heavy atom. The Kier molecular flexibility index (Phi) is 7.52. The maximum absolute atomic E-state index is 12.0. The maximum atomic E-state index is 12.0. The van der Waals surface area contributed by atoms with E-state index in [2.05, 4.69) is 10.6 Å². The molecule has 7 nitrogen and oxygen atoms in total. The normalized spacial score (nSPS) is 19.1. The van der Waals surface area contributed by atoms with Crippen LogP contribution in [0, 0.1) is 0 Å². The number of ether oxygens (including phenoxy) is 1. The molecule has 25 heavy (non-hydrogen) atoms. The molecule has 0 bridgehead atoms. The molecule has 0 radical (unpaired) electrons. The summed E-state index contributed by atoms with van der Waals surface area (Å²) in [6, 6.07) is 0.360. The van der Waals surface area contributed by atoms with Crippen LogP contribution in [0.3, 0.4) is 0 Å². The first-order valence-corrected chi connectivity index (χ1v) is 9.48. The van der Waals surface area contributed by atoms with E-state index in [1.165, 1.54) is 12.8 Å². The number of nitrogens with zero attached hydrogens (tertiary/aromatic N) is 1. The van der Waals surface area contributed by atoms with E-state index in [4.69, 9.17) is 4.74 Å². The molecule has 142 valence electrons. The van der Waals surface area contributed by atoms with E-state index >= 15 is 0 Å². The second-order valence-corrected chi connectivity index (χ2v) is 7.31. The molecule has 1 aliphatic heterocycles. The molecular weight excluding hydrogens is 322 g/mol. The summed E-state index contributed by atoms with van der Waals surface area (Å²) < 4.78 is 5.18. The Morgan fingerprint density at radius 1 is 0.920 bits per heavy atom. The van der Waals surface area contributed by atoms with Crippen LogP contribution in [0.25, 0.3) is 0 Å². The first-order valence-electron chi connectivity index (χ1n) is 9.48. The molecule has 2 N–H and O–H groups in total. The van der Waals surface area contributed by atoms with Crippen molar-refractivity contribution < 1.29 is 19.1 Å². The lowest BCUT2D eigenvalue weighted by Crippen LogP contribution is -2.47. The van der Waals surface area contributed by atoms with Gasteiger partial charge in [0, 0.05) is 38.0 Å². The fraction of sp³-hybridized carbons (Fsp3) is 0.833. The van der Waals surface area contributed by atoms with Gasteiger partial charge in [-0.2, -0.15) is 0 Å². The molecule has 7 heteroatoms. The van der Waals surface area contributed by atoms with Crippen molar-refractivity contribution in [3.05, 3.63) is 0 Å². The van der Waals surface area contributed by atoms with E-state index in [1.807, 2.05) is 13.8 Å². The number of carbonyl (C=O) groups is 3. The third-order valence-electron chi connectivity index (χ3n) is 4.75. The molecule has 1 saturated heterocycles. The van der Waals surface area contributed by atoms with Gasteiger partial charge < -0.3 is 20.3 Å². The summed E-state index contributed by atoms with van der Waals surface area (Å²) in [6.45, 7) is 4.82. The van der Waals surface area contributed by atoms with Gasteiger partial charge in [0.2, 0.25) is 11.8 Å². The zero-order valence-electron chi connectivity index (χ0n) is 15.4. The van der Waals surface area contributed by atoms with Crippen LogP contribution in [0.1, 0.15) is 65.2 Å². The number of carbonyl (C=O) groups excluding carboxylic acids is 3. The van der Waals surface area contributed by atoms with Gasteiger partial charge in [0.1, 0.15) is 0 Å². The minimum atomic E-state index is -0.289. The van der Waals surface area contributed by atoms with Gasteiger partial charge in [-0.05, 0) is 39.5 Å². The quantitative estimate of drug-likeness (QED) is 0.764. The number of hydrogen-bond acceptors (Lipinski definition) is 4. The largest absolute Gasteiger partial charge is 0.447 e. The zero-order valence-corrected chi connectivity index (χ0v) is 15.4. The van der Waals surface area contributed by atoms with Crippen molar-refractivity contribution in [1.82, 2.24) is 15.5 Å². The van der Waals surface area contributed by atoms with Crippen LogP contribution in [-0.4, -0.2) is 54.1 Å². The van der Waals surface area contributed by atoms with Crippen LogP contribution in [0.5, 0.6) is 0 Å². The van der Waals surface area contributed by atoms with Crippen molar-refractivity contribution in [3.8, 4) is 0 Å². The van der Waals surface area contributed by atoms with Crippen LogP contribution in [0.4, 0.5) is 4.79 Å². The van der Waals surface area contributed by atoms with Gasteiger partial charge in [-0.25, -0.2) is 4.79 Å². The van der Waals surface area contributed by atoms with Crippen LogP contribution in [0.15, 0.2) is 0 Å². The number of rotatable bonds is 6. The molecule has 1 saturated carbocycles. The molecular formula is C18H31N3O4. The lowest BCUT2D eigenvalue weighted by Gasteiger charge is -2.32. The fourth-order valence-corrected chi connectivity index (χ4v) is 3.38. The Bertz CT molecular complexity index is 467. The Hall–Kier alpha value is -1.79. The molecule has 2 rings (SSSR count). The van der Waals surface area contributed by atoms with E-state index in [1.54, 1.807) is 4.90 Å². The average molecular weight is 353 g/mol. The first-order chi connectivity index (χ1) is 11.9. The average Bonchev–Trinajstić information content (AvgIpc) is 3.06. The topological polar surface area (TPSA) is 87.7 Å². The van der Waals surface area contributed by atoms with Gasteiger partial charge in [-0.15, -0.1) is 0 Å². The van der Waals surface area contributed by atoms with Gasteiger partial charge in [0.15, 0.2) is 0 Å². The van der Waals surface area contributed by atoms with Crippen LogP contribution in [-0.2, 0) is 14.3 Å². The summed E-state index contributed by atoms with van der Waals surface area (Å²) in [4.78, 5) is 37.4. The summed E-state index contributed by atoms with van der Waals surface area (Å²) in [5.74, 6) is -0.127. The number of nitrogens with one attached hydrogen (secondary N) is 2. The summed E-state index contributed by atoms with van der Waals surface area (Å²) in [6.07, 6.45) is 5.93. The van der Waals surface area contributed by atoms with Crippen LogP contribution in [0.2, 0.25) is 0 Å². The highest BCUT2D eigenvalue weighted by Gasteiger charge is 2.25. The van der Waals surface area contributed by atoms with E-state index in [0.717, 1.165) is 12.8 Å². The molecule has 0 aromatic carbocycles. The second-order valence-electron chi connectivity index (χ2n) is 7.31.